The topological polar surface area (TPSA) is 66.0 Å². The summed E-state index contributed by atoms with van der Waals surface area (Å²) in [5.74, 6) is 2.33. The highest BCUT2D eigenvalue weighted by Crippen LogP contribution is 2.28. The second kappa shape index (κ2) is 6.25. The summed E-state index contributed by atoms with van der Waals surface area (Å²) in [6, 6.07) is 2.12. The Morgan fingerprint density at radius 1 is 1.43 bits per heavy atom. The molecule has 0 amide bonds. The van der Waals surface area contributed by atoms with Crippen LogP contribution in [0.4, 0.5) is 0 Å². The first kappa shape index (κ1) is 14.6. The number of hydrogen-bond acceptors (Lipinski definition) is 6. The van der Waals surface area contributed by atoms with Crippen LogP contribution in [0.25, 0.3) is 10.7 Å². The second-order valence-corrected chi connectivity index (χ2v) is 6.59. The minimum atomic E-state index is -0.0196. The van der Waals surface area contributed by atoms with Gasteiger partial charge in [-0.2, -0.15) is 4.98 Å². The molecular formula is C16H18N4O2S. The van der Waals surface area contributed by atoms with E-state index in [4.69, 9.17) is 9.26 Å². The van der Waals surface area contributed by atoms with Crippen molar-refractivity contribution in [3.8, 4) is 10.7 Å². The maximum Gasteiger partial charge on any atom is 0.255 e. The molecule has 7 heteroatoms. The van der Waals surface area contributed by atoms with Gasteiger partial charge in [-0.05, 0) is 36.8 Å². The van der Waals surface area contributed by atoms with E-state index in [1.165, 1.54) is 10.4 Å². The lowest BCUT2D eigenvalue weighted by Crippen LogP contribution is -2.04. The number of nitrogens with zero attached hydrogens (tertiary/aromatic N) is 4. The molecule has 0 saturated carbocycles. The van der Waals surface area contributed by atoms with Gasteiger partial charge in [-0.1, -0.05) is 5.16 Å². The monoisotopic (exact) mass is 330 g/mol. The summed E-state index contributed by atoms with van der Waals surface area (Å²) < 4.78 is 13.0. The molecule has 0 aromatic carbocycles. The Morgan fingerprint density at radius 2 is 2.39 bits per heavy atom. The predicted octanol–water partition coefficient (Wildman–Crippen LogP) is 3.40. The van der Waals surface area contributed by atoms with E-state index in [-0.39, 0.29) is 6.10 Å². The summed E-state index contributed by atoms with van der Waals surface area (Å²) >= 11 is 1.71. The lowest BCUT2D eigenvalue weighted by Gasteiger charge is -2.05. The molecule has 0 aliphatic carbocycles. The van der Waals surface area contributed by atoms with E-state index in [9.17, 15) is 0 Å². The van der Waals surface area contributed by atoms with Gasteiger partial charge in [0.05, 0.1) is 4.88 Å². The van der Waals surface area contributed by atoms with Crippen LogP contribution in [0, 0.1) is 6.92 Å². The van der Waals surface area contributed by atoms with Gasteiger partial charge in [0.15, 0.2) is 5.82 Å². The van der Waals surface area contributed by atoms with E-state index >= 15 is 0 Å². The molecule has 0 N–H and O–H groups in total. The van der Waals surface area contributed by atoms with Crippen molar-refractivity contribution in [3.05, 3.63) is 41.1 Å². The molecule has 1 fully saturated rings. The van der Waals surface area contributed by atoms with Gasteiger partial charge in [0.2, 0.25) is 0 Å². The predicted molar refractivity (Wildman–Crippen MR) is 86.2 cm³/mol. The van der Waals surface area contributed by atoms with Gasteiger partial charge in [0, 0.05) is 32.0 Å². The minimum Gasteiger partial charge on any atom is -0.368 e. The Kier molecular flexibility index (Phi) is 3.97. The fourth-order valence-electron chi connectivity index (χ4n) is 2.79. The number of ether oxygens (including phenoxy) is 1. The third-order valence-electron chi connectivity index (χ3n) is 4.05. The number of hydrogen-bond donors (Lipinski definition) is 0. The Bertz CT molecular complexity index is 785. The van der Waals surface area contributed by atoms with Crippen molar-refractivity contribution in [1.29, 1.82) is 0 Å². The van der Waals surface area contributed by atoms with E-state index in [0.717, 1.165) is 37.6 Å². The number of rotatable bonds is 5. The van der Waals surface area contributed by atoms with Crippen LogP contribution >= 0.6 is 11.3 Å². The van der Waals surface area contributed by atoms with Crippen LogP contribution < -0.4 is 0 Å². The largest absolute Gasteiger partial charge is 0.368 e. The molecule has 23 heavy (non-hydrogen) atoms. The molecule has 0 radical (unpaired) electrons. The molecule has 0 spiro atoms. The summed E-state index contributed by atoms with van der Waals surface area (Å²) in [6.07, 6.45) is 6.54. The van der Waals surface area contributed by atoms with Gasteiger partial charge in [0.1, 0.15) is 11.9 Å². The third kappa shape index (κ3) is 2.94. The van der Waals surface area contributed by atoms with E-state index in [1.807, 2.05) is 12.4 Å². The van der Waals surface area contributed by atoms with Crippen LogP contribution in [-0.4, -0.2) is 26.3 Å². The second-order valence-electron chi connectivity index (χ2n) is 5.68. The average molecular weight is 330 g/mol. The summed E-state index contributed by atoms with van der Waals surface area (Å²) in [5.41, 5.74) is 1.25. The molecule has 0 bridgehead atoms. The van der Waals surface area contributed by atoms with Gasteiger partial charge in [-0.25, -0.2) is 4.98 Å². The quantitative estimate of drug-likeness (QED) is 0.717. The van der Waals surface area contributed by atoms with Crippen LogP contribution in [0.3, 0.4) is 0 Å². The van der Waals surface area contributed by atoms with Crippen LogP contribution in [-0.2, 0) is 17.7 Å². The molecule has 1 aliphatic heterocycles. The maximum absolute atomic E-state index is 5.57. The number of aromatic nitrogens is 4. The SMILES string of the molecule is Cc1ccsc1-c1nccn1CCc1noc([C@@H]2CCCO2)n1. The first-order valence-corrected chi connectivity index (χ1v) is 8.69. The van der Waals surface area contributed by atoms with Gasteiger partial charge in [0.25, 0.3) is 5.89 Å². The summed E-state index contributed by atoms with van der Waals surface area (Å²) in [7, 11) is 0. The van der Waals surface area contributed by atoms with Crippen LogP contribution in [0.2, 0.25) is 0 Å². The van der Waals surface area contributed by atoms with Crippen molar-refractivity contribution in [2.24, 2.45) is 0 Å². The molecule has 3 aromatic rings. The van der Waals surface area contributed by atoms with Gasteiger partial charge < -0.3 is 13.8 Å². The van der Waals surface area contributed by atoms with Crippen molar-refractivity contribution < 1.29 is 9.26 Å². The van der Waals surface area contributed by atoms with Crippen LogP contribution in [0.1, 0.15) is 36.2 Å². The maximum atomic E-state index is 5.57. The Labute approximate surface area is 138 Å². The van der Waals surface area contributed by atoms with Crippen molar-refractivity contribution in [2.45, 2.75) is 38.8 Å². The molecule has 1 saturated heterocycles. The van der Waals surface area contributed by atoms with Crippen molar-refractivity contribution in [3.63, 3.8) is 0 Å². The van der Waals surface area contributed by atoms with E-state index in [2.05, 4.69) is 38.1 Å². The average Bonchev–Trinajstić information content (AvgIpc) is 3.32. The summed E-state index contributed by atoms with van der Waals surface area (Å²) in [6.45, 7) is 3.66. The fourth-order valence-corrected chi connectivity index (χ4v) is 3.73. The normalized spacial score (nSPS) is 17.9. The zero-order valence-electron chi connectivity index (χ0n) is 12.9. The highest BCUT2D eigenvalue weighted by molar-refractivity contribution is 7.13. The number of imidazole rings is 1. The summed E-state index contributed by atoms with van der Waals surface area (Å²) in [4.78, 5) is 10.2. The first-order valence-electron chi connectivity index (χ1n) is 7.81. The Balaban J connectivity index is 1.46. The highest BCUT2D eigenvalue weighted by Gasteiger charge is 2.23. The van der Waals surface area contributed by atoms with Crippen molar-refractivity contribution in [2.75, 3.05) is 6.61 Å². The molecular weight excluding hydrogens is 312 g/mol. The molecule has 0 unspecified atom stereocenters. The van der Waals surface area contributed by atoms with Gasteiger partial charge >= 0.3 is 0 Å². The number of thiophene rings is 1. The molecule has 3 aromatic heterocycles. The third-order valence-corrected chi connectivity index (χ3v) is 5.06. The summed E-state index contributed by atoms with van der Waals surface area (Å²) in [5, 5.41) is 6.17. The highest BCUT2D eigenvalue weighted by atomic mass is 32.1. The minimum absolute atomic E-state index is 0.0196. The lowest BCUT2D eigenvalue weighted by atomic mass is 10.2. The van der Waals surface area contributed by atoms with E-state index in [1.54, 1.807) is 11.3 Å². The molecule has 1 atom stereocenters. The standard InChI is InChI=1S/C16H18N4O2S/c1-11-5-10-23-14(11)15-17-6-8-20(15)7-4-13-18-16(22-19-13)12-3-2-9-21-12/h5-6,8,10,12H,2-4,7,9H2,1H3/t12-/m0/s1. The zero-order chi connectivity index (χ0) is 15.6. The number of aryl methyl sites for hydroxylation is 3. The molecule has 6 nitrogen and oxygen atoms in total. The molecule has 1 aliphatic rings. The Hall–Kier alpha value is -1.99. The van der Waals surface area contributed by atoms with Crippen LogP contribution in [0.15, 0.2) is 28.4 Å². The van der Waals surface area contributed by atoms with Crippen molar-refractivity contribution in [1.82, 2.24) is 19.7 Å². The van der Waals surface area contributed by atoms with E-state index in [0.29, 0.717) is 12.3 Å². The van der Waals surface area contributed by atoms with Gasteiger partial charge in [-0.3, -0.25) is 0 Å². The van der Waals surface area contributed by atoms with Gasteiger partial charge in [-0.15, -0.1) is 11.3 Å². The molecule has 4 heterocycles. The first-order chi connectivity index (χ1) is 11.3. The van der Waals surface area contributed by atoms with Crippen molar-refractivity contribution >= 4 is 11.3 Å². The smallest absolute Gasteiger partial charge is 0.255 e. The van der Waals surface area contributed by atoms with Crippen LogP contribution in [0.5, 0.6) is 0 Å². The lowest BCUT2D eigenvalue weighted by molar-refractivity contribution is 0.0835. The molecule has 4 rings (SSSR count). The zero-order valence-corrected chi connectivity index (χ0v) is 13.8. The van der Waals surface area contributed by atoms with E-state index < -0.39 is 0 Å². The molecule has 120 valence electrons. The fraction of sp³-hybridized carbons (Fsp3) is 0.438. The Morgan fingerprint density at radius 3 is 3.17 bits per heavy atom.